The van der Waals surface area contributed by atoms with E-state index in [9.17, 15) is 24.3 Å². The van der Waals surface area contributed by atoms with Gasteiger partial charge < -0.3 is 34.4 Å². The summed E-state index contributed by atoms with van der Waals surface area (Å²) in [5.74, 6) is -1.36. The second kappa shape index (κ2) is 13.5. The van der Waals surface area contributed by atoms with Crippen molar-refractivity contribution < 1.29 is 48.7 Å². The second-order valence-corrected chi connectivity index (χ2v) is 11.5. The molecule has 0 atom stereocenters. The molecule has 0 aliphatic heterocycles. The molecule has 0 aliphatic rings. The van der Waals surface area contributed by atoms with Crippen molar-refractivity contribution in [2.45, 2.75) is 25.7 Å². The number of rotatable bonds is 15. The number of nitrogens with zero attached hydrogens (tertiary/aromatic N) is 1. The number of benzene rings is 2. The van der Waals surface area contributed by atoms with Crippen molar-refractivity contribution in [1.29, 1.82) is 0 Å². The average Bonchev–Trinajstić information content (AvgIpc) is 3.56. The molecule has 1 amide bonds. The molecule has 0 spiro atoms. The Morgan fingerprint density at radius 3 is 2.02 bits per heavy atom. The minimum absolute atomic E-state index is 0.0745. The Labute approximate surface area is 248 Å². The molecular weight excluding hydrogens is 586 g/mol. The van der Waals surface area contributed by atoms with Crippen LogP contribution in [0.2, 0.25) is 0 Å². The number of carbonyl (C=O) groups excluding carboxylic acids is 2. The van der Waals surface area contributed by atoms with Crippen LogP contribution in [0.4, 0.5) is 0 Å². The predicted molar refractivity (Wildman–Crippen MR) is 158 cm³/mol. The number of aromatic hydroxyl groups is 1. The second-order valence-electron chi connectivity index (χ2n) is 9.36. The maximum atomic E-state index is 12.7. The summed E-state index contributed by atoms with van der Waals surface area (Å²) in [5, 5.41) is 29.5. The molecule has 2 aromatic carbocycles. The van der Waals surface area contributed by atoms with Crippen molar-refractivity contribution in [2.24, 2.45) is 0 Å². The number of carbonyl (C=O) groups is 4. The van der Waals surface area contributed by atoms with E-state index in [0.29, 0.717) is 33.1 Å². The minimum atomic E-state index is -1.03. The van der Waals surface area contributed by atoms with E-state index >= 15 is 0 Å². The van der Waals surface area contributed by atoms with Crippen LogP contribution in [0.3, 0.4) is 0 Å². The fourth-order valence-corrected chi connectivity index (χ4v) is 6.16. The van der Waals surface area contributed by atoms with Crippen molar-refractivity contribution in [1.82, 2.24) is 4.90 Å². The predicted octanol–water partition coefficient (Wildman–Crippen LogP) is 5.27. The quantitative estimate of drug-likeness (QED) is 0.119. The zero-order valence-corrected chi connectivity index (χ0v) is 24.5. The third-order valence-electron chi connectivity index (χ3n) is 6.26. The Balaban J connectivity index is 1.34. The topological polar surface area (TPSA) is 160 Å². The van der Waals surface area contributed by atoms with Gasteiger partial charge in [-0.2, -0.15) is 0 Å². The van der Waals surface area contributed by atoms with E-state index in [1.807, 2.05) is 0 Å². The van der Waals surface area contributed by atoms with Crippen molar-refractivity contribution in [3.05, 3.63) is 46.2 Å². The first-order valence-electron chi connectivity index (χ1n) is 12.9. The van der Waals surface area contributed by atoms with Crippen molar-refractivity contribution in [2.75, 3.05) is 33.9 Å². The van der Waals surface area contributed by atoms with Crippen LogP contribution in [0.5, 0.6) is 23.0 Å². The Morgan fingerprint density at radius 1 is 0.762 bits per heavy atom. The molecule has 0 saturated heterocycles. The average molecular weight is 616 g/mol. The molecule has 13 heteroatoms. The number of aliphatic carboxylic acids is 2. The van der Waals surface area contributed by atoms with Crippen LogP contribution in [0.15, 0.2) is 36.4 Å². The van der Waals surface area contributed by atoms with Crippen molar-refractivity contribution in [3.63, 3.8) is 0 Å². The van der Waals surface area contributed by atoms with E-state index in [-0.39, 0.29) is 62.2 Å². The molecule has 2 heterocycles. The fourth-order valence-electron chi connectivity index (χ4n) is 4.05. The molecule has 0 radical (unpaired) electrons. The number of carboxylic acids is 2. The van der Waals surface area contributed by atoms with E-state index < -0.39 is 11.9 Å². The zero-order valence-electron chi connectivity index (χ0n) is 22.9. The molecule has 0 aliphatic carbocycles. The number of hydrogen-bond donors (Lipinski definition) is 3. The molecule has 4 aromatic rings. The highest BCUT2D eigenvalue weighted by molar-refractivity contribution is 7.21. The maximum Gasteiger partial charge on any atom is 0.305 e. The van der Waals surface area contributed by atoms with Gasteiger partial charge >= 0.3 is 11.9 Å². The van der Waals surface area contributed by atoms with Gasteiger partial charge in [0.1, 0.15) is 0 Å². The molecular formula is C29H29NO10S2. The molecule has 42 heavy (non-hydrogen) atoms. The molecule has 3 N–H and O–H groups in total. The molecule has 0 fully saturated rings. The van der Waals surface area contributed by atoms with Gasteiger partial charge in [0.05, 0.1) is 42.9 Å². The number of thiophene rings is 2. The van der Waals surface area contributed by atoms with Crippen LogP contribution in [-0.2, 0) is 9.59 Å². The SMILES string of the molecule is COc1cc2cc(C(=O)N(C)CCC(=O)O)sc2cc1OCCCOc1cc2sc(C(=O)CCC(=O)O)cc2cc1O. The summed E-state index contributed by atoms with van der Waals surface area (Å²) < 4.78 is 18.7. The van der Waals surface area contributed by atoms with Gasteiger partial charge in [-0.25, -0.2) is 0 Å². The minimum Gasteiger partial charge on any atom is -0.504 e. The molecule has 11 nitrogen and oxygen atoms in total. The number of carboxylic acid groups (broad SMARTS) is 2. The Bertz CT molecular complexity index is 1640. The molecule has 222 valence electrons. The fraction of sp³-hybridized carbons (Fsp3) is 0.310. The van der Waals surface area contributed by atoms with Crippen molar-refractivity contribution >= 4 is 66.5 Å². The van der Waals surface area contributed by atoms with Crippen molar-refractivity contribution in [3.8, 4) is 23.0 Å². The lowest BCUT2D eigenvalue weighted by atomic mass is 10.1. The highest BCUT2D eigenvalue weighted by Crippen LogP contribution is 2.38. The maximum absolute atomic E-state index is 12.7. The van der Waals surface area contributed by atoms with Gasteiger partial charge in [0.2, 0.25) is 0 Å². The zero-order chi connectivity index (χ0) is 30.4. The van der Waals surface area contributed by atoms with Crippen LogP contribution in [0.25, 0.3) is 20.2 Å². The number of methoxy groups -OCH3 is 1. The van der Waals surface area contributed by atoms with E-state index in [4.69, 9.17) is 24.4 Å². The smallest absolute Gasteiger partial charge is 0.305 e. The first kappa shape index (κ1) is 30.6. The highest BCUT2D eigenvalue weighted by atomic mass is 32.1. The lowest BCUT2D eigenvalue weighted by Gasteiger charge is -2.14. The number of amides is 1. The van der Waals surface area contributed by atoms with Gasteiger partial charge in [-0.1, -0.05) is 0 Å². The normalized spacial score (nSPS) is 11.0. The van der Waals surface area contributed by atoms with Crippen LogP contribution >= 0.6 is 22.7 Å². The summed E-state index contributed by atoms with van der Waals surface area (Å²) in [6, 6.07) is 10.1. The number of fused-ring (bicyclic) bond motifs is 2. The van der Waals surface area contributed by atoms with Gasteiger partial charge in [0, 0.05) is 48.0 Å². The highest BCUT2D eigenvalue weighted by Gasteiger charge is 2.18. The van der Waals surface area contributed by atoms with Gasteiger partial charge in [-0.05, 0) is 35.0 Å². The third-order valence-corrected chi connectivity index (χ3v) is 8.49. The van der Waals surface area contributed by atoms with Crippen LogP contribution in [0, 0.1) is 0 Å². The number of ketones is 1. The number of ether oxygens (including phenoxy) is 3. The number of phenolic OH excluding ortho intramolecular Hbond substituents is 1. The summed E-state index contributed by atoms with van der Waals surface area (Å²) in [6.45, 7) is 0.622. The largest absolute Gasteiger partial charge is 0.504 e. The van der Waals surface area contributed by atoms with E-state index in [0.717, 1.165) is 14.8 Å². The summed E-state index contributed by atoms with van der Waals surface area (Å²) >= 11 is 2.49. The standard InChI is InChI=1S/C29H29NO10S2/c1-30(7-6-28(35)36)29(37)26-13-17-11-21(38-2)22(15-24(17)42-26)40-9-3-8-39-20-14-23-16(10-19(20)32)12-25(41-23)18(31)4-5-27(33)34/h10-15,32H,3-9H2,1-2H3,(H,33,34)(H,35,36). The molecule has 0 saturated carbocycles. The monoisotopic (exact) mass is 615 g/mol. The number of phenols is 1. The van der Waals surface area contributed by atoms with Gasteiger partial charge in [0.15, 0.2) is 28.8 Å². The van der Waals surface area contributed by atoms with Gasteiger partial charge in [0.25, 0.3) is 5.91 Å². The molecule has 2 aromatic heterocycles. The summed E-state index contributed by atoms with van der Waals surface area (Å²) in [7, 11) is 3.08. The first-order valence-corrected chi connectivity index (χ1v) is 14.5. The molecule has 4 rings (SSSR count). The summed E-state index contributed by atoms with van der Waals surface area (Å²) in [5.41, 5.74) is 0. The summed E-state index contributed by atoms with van der Waals surface area (Å²) in [4.78, 5) is 48.8. The lowest BCUT2D eigenvalue weighted by molar-refractivity contribution is -0.138. The Kier molecular flexibility index (Phi) is 9.86. The van der Waals surface area contributed by atoms with Crippen LogP contribution < -0.4 is 14.2 Å². The summed E-state index contributed by atoms with van der Waals surface area (Å²) in [6.07, 6.45) is 0.0108. The number of Topliss-reactive ketones (excluding diaryl/α,β-unsaturated/α-hetero) is 1. The molecule has 0 bridgehead atoms. The van der Waals surface area contributed by atoms with Gasteiger partial charge in [-0.15, -0.1) is 22.7 Å². The third kappa shape index (κ3) is 7.47. The van der Waals surface area contributed by atoms with Crippen LogP contribution in [0.1, 0.15) is 45.0 Å². The number of hydrogen-bond acceptors (Lipinski definition) is 10. The van der Waals surface area contributed by atoms with E-state index in [2.05, 4.69) is 0 Å². The Hall–Kier alpha value is -4.36. The Morgan fingerprint density at radius 2 is 1.36 bits per heavy atom. The van der Waals surface area contributed by atoms with Gasteiger partial charge in [-0.3, -0.25) is 19.2 Å². The van der Waals surface area contributed by atoms with E-state index in [1.54, 1.807) is 37.4 Å². The lowest BCUT2D eigenvalue weighted by Crippen LogP contribution is -2.28. The van der Waals surface area contributed by atoms with E-state index in [1.165, 1.54) is 40.7 Å². The first-order chi connectivity index (χ1) is 20.0. The van der Waals surface area contributed by atoms with Crippen LogP contribution in [-0.4, -0.2) is 77.8 Å². The molecule has 0 unspecified atom stereocenters.